The van der Waals surface area contributed by atoms with Gasteiger partial charge in [-0.15, -0.1) is 5.10 Å². The number of hydrogen-bond acceptors (Lipinski definition) is 6. The minimum atomic E-state index is -0.964. The highest BCUT2D eigenvalue weighted by atomic mass is 19.2. The topological polar surface area (TPSA) is 83.9 Å². The SMILES string of the molecule is CCN1C[C@H](NC(=O)Nc2c(C)c(OCC3CCN(C)CC3)nn2-c2ccccc2)[C@@H](c2ccc(F)c(F)c2)O1. The van der Waals surface area contributed by atoms with Crippen molar-refractivity contribution in [2.75, 3.05) is 45.2 Å². The summed E-state index contributed by atoms with van der Waals surface area (Å²) in [6.07, 6.45) is 1.47. The number of carbonyl (C=O) groups excluding carboxylic acids is 1. The number of piperidine rings is 1. The summed E-state index contributed by atoms with van der Waals surface area (Å²) in [5.41, 5.74) is 1.92. The van der Waals surface area contributed by atoms with Gasteiger partial charge in [-0.25, -0.2) is 18.3 Å². The molecule has 2 fully saturated rings. The Hall–Kier alpha value is -3.54. The molecule has 0 radical (unpaired) electrons. The van der Waals surface area contributed by atoms with E-state index in [-0.39, 0.29) is 0 Å². The lowest BCUT2D eigenvalue weighted by molar-refractivity contribution is -0.144. The number of benzene rings is 2. The number of aromatic nitrogens is 2. The average Bonchev–Trinajstić information content (AvgIpc) is 3.51. The second kappa shape index (κ2) is 12.3. The molecular weight excluding hydrogens is 518 g/mol. The first kappa shape index (κ1) is 28.0. The Balaban J connectivity index is 1.34. The van der Waals surface area contributed by atoms with Gasteiger partial charge < -0.3 is 15.0 Å². The predicted molar refractivity (Wildman–Crippen MR) is 147 cm³/mol. The first-order valence-corrected chi connectivity index (χ1v) is 13.7. The number of nitrogens with zero attached hydrogens (tertiary/aromatic N) is 4. The Morgan fingerprint density at radius 1 is 1.12 bits per heavy atom. The van der Waals surface area contributed by atoms with Gasteiger partial charge in [0.25, 0.3) is 0 Å². The van der Waals surface area contributed by atoms with E-state index in [1.54, 1.807) is 9.75 Å². The standard InChI is InChI=1S/C29H36F2N6O3/c1-4-36-17-25(26(40-36)21-10-11-23(30)24(31)16-21)32-29(38)33-27-19(2)28(34-37(27)22-8-6-5-7-9-22)39-18-20-12-14-35(3)15-13-20/h5-11,16,20,25-26H,4,12-15,17-18H2,1-3H3,(H2,32,33,38)/t25-,26+/m0/s1. The molecule has 9 nitrogen and oxygen atoms in total. The molecule has 0 bridgehead atoms. The summed E-state index contributed by atoms with van der Waals surface area (Å²) in [5, 5.41) is 12.3. The highest BCUT2D eigenvalue weighted by Crippen LogP contribution is 2.32. The minimum absolute atomic E-state index is 0.384. The normalized spacial score (nSPS) is 20.5. The van der Waals surface area contributed by atoms with Crippen LogP contribution in [-0.2, 0) is 4.84 Å². The number of likely N-dealkylation sites (tertiary alicyclic amines) is 1. The van der Waals surface area contributed by atoms with E-state index in [0.29, 0.717) is 48.4 Å². The van der Waals surface area contributed by atoms with Crippen LogP contribution in [0.3, 0.4) is 0 Å². The van der Waals surface area contributed by atoms with Crippen molar-refractivity contribution in [1.82, 2.24) is 25.1 Å². The number of hydroxylamine groups is 2. The van der Waals surface area contributed by atoms with E-state index in [4.69, 9.17) is 14.7 Å². The molecule has 2 N–H and O–H groups in total. The van der Waals surface area contributed by atoms with E-state index in [1.165, 1.54) is 6.07 Å². The molecule has 3 heterocycles. The number of para-hydroxylation sites is 1. The molecule has 0 spiro atoms. The number of anilines is 1. The van der Waals surface area contributed by atoms with Gasteiger partial charge in [0, 0.05) is 13.1 Å². The van der Waals surface area contributed by atoms with Crippen molar-refractivity contribution in [2.24, 2.45) is 5.92 Å². The van der Waals surface area contributed by atoms with Crippen molar-refractivity contribution in [1.29, 1.82) is 0 Å². The molecule has 2 saturated heterocycles. The number of ether oxygens (including phenoxy) is 1. The fraction of sp³-hybridized carbons (Fsp3) is 0.448. The highest BCUT2D eigenvalue weighted by molar-refractivity contribution is 5.90. The van der Waals surface area contributed by atoms with Gasteiger partial charge in [0.2, 0.25) is 5.88 Å². The lowest BCUT2D eigenvalue weighted by atomic mass is 9.98. The summed E-state index contributed by atoms with van der Waals surface area (Å²) in [6, 6.07) is 12.2. The quantitative estimate of drug-likeness (QED) is 0.421. The maximum Gasteiger partial charge on any atom is 0.320 e. The van der Waals surface area contributed by atoms with E-state index in [1.807, 2.05) is 44.2 Å². The number of amides is 2. The third kappa shape index (κ3) is 6.27. The smallest absolute Gasteiger partial charge is 0.320 e. The lowest BCUT2D eigenvalue weighted by Crippen LogP contribution is -2.42. The lowest BCUT2D eigenvalue weighted by Gasteiger charge is -2.28. The Bertz CT molecular complexity index is 1310. The molecule has 3 aromatic rings. The highest BCUT2D eigenvalue weighted by Gasteiger charge is 2.36. The minimum Gasteiger partial charge on any atom is -0.476 e. The average molecular weight is 555 g/mol. The molecule has 40 heavy (non-hydrogen) atoms. The monoisotopic (exact) mass is 554 g/mol. The Labute approximate surface area is 233 Å². The van der Waals surface area contributed by atoms with Gasteiger partial charge in [0.05, 0.1) is 23.9 Å². The van der Waals surface area contributed by atoms with Crippen LogP contribution < -0.4 is 15.4 Å². The molecule has 0 unspecified atom stereocenters. The molecule has 0 saturated carbocycles. The fourth-order valence-electron chi connectivity index (χ4n) is 5.15. The summed E-state index contributed by atoms with van der Waals surface area (Å²) in [5.74, 6) is -0.490. The maximum absolute atomic E-state index is 14.0. The van der Waals surface area contributed by atoms with Gasteiger partial charge in [0.1, 0.15) is 11.9 Å². The maximum atomic E-state index is 14.0. The van der Waals surface area contributed by atoms with Crippen LogP contribution in [0.1, 0.15) is 37.0 Å². The van der Waals surface area contributed by atoms with Crippen molar-refractivity contribution in [3.8, 4) is 11.6 Å². The largest absolute Gasteiger partial charge is 0.476 e. The number of urea groups is 1. The summed E-state index contributed by atoms with van der Waals surface area (Å²) in [7, 11) is 2.13. The number of nitrogens with one attached hydrogen (secondary N) is 2. The van der Waals surface area contributed by atoms with Crippen LogP contribution in [0.15, 0.2) is 48.5 Å². The van der Waals surface area contributed by atoms with Crippen molar-refractivity contribution in [2.45, 2.75) is 38.8 Å². The third-order valence-corrected chi connectivity index (χ3v) is 7.58. The van der Waals surface area contributed by atoms with Gasteiger partial charge in [-0.2, -0.15) is 5.06 Å². The van der Waals surface area contributed by atoms with E-state index in [0.717, 1.165) is 43.8 Å². The molecule has 2 aliphatic rings. The number of hydrogen-bond donors (Lipinski definition) is 2. The van der Waals surface area contributed by atoms with Crippen LogP contribution in [-0.4, -0.2) is 71.7 Å². The van der Waals surface area contributed by atoms with Gasteiger partial charge in [-0.3, -0.25) is 10.2 Å². The van der Waals surface area contributed by atoms with Crippen molar-refractivity contribution in [3.63, 3.8) is 0 Å². The van der Waals surface area contributed by atoms with Crippen molar-refractivity contribution in [3.05, 3.63) is 71.3 Å². The van der Waals surface area contributed by atoms with Gasteiger partial charge >= 0.3 is 6.03 Å². The summed E-state index contributed by atoms with van der Waals surface area (Å²) >= 11 is 0. The second-order valence-corrected chi connectivity index (χ2v) is 10.5. The molecule has 11 heteroatoms. The van der Waals surface area contributed by atoms with Crippen LogP contribution in [0.4, 0.5) is 19.4 Å². The molecular formula is C29H36F2N6O3. The number of carbonyl (C=O) groups is 1. The van der Waals surface area contributed by atoms with Crippen LogP contribution in [0.25, 0.3) is 5.69 Å². The molecule has 0 aliphatic carbocycles. The number of rotatable bonds is 8. The van der Waals surface area contributed by atoms with Crippen LogP contribution in [0, 0.1) is 24.5 Å². The molecule has 2 amide bonds. The molecule has 214 valence electrons. The molecule has 5 rings (SSSR count). The molecule has 2 aliphatic heterocycles. The van der Waals surface area contributed by atoms with Gasteiger partial charge in [0.15, 0.2) is 11.6 Å². The van der Waals surface area contributed by atoms with Crippen molar-refractivity contribution >= 4 is 11.8 Å². The first-order valence-electron chi connectivity index (χ1n) is 13.7. The second-order valence-electron chi connectivity index (χ2n) is 10.5. The molecule has 2 aromatic carbocycles. The summed E-state index contributed by atoms with van der Waals surface area (Å²) < 4.78 is 35.4. The first-order chi connectivity index (χ1) is 19.3. The predicted octanol–water partition coefficient (Wildman–Crippen LogP) is 4.68. The van der Waals surface area contributed by atoms with E-state index >= 15 is 0 Å². The molecule has 2 atom stereocenters. The van der Waals surface area contributed by atoms with E-state index in [9.17, 15) is 13.6 Å². The zero-order valence-corrected chi connectivity index (χ0v) is 23.1. The van der Waals surface area contributed by atoms with Crippen LogP contribution in [0.5, 0.6) is 5.88 Å². The number of likely N-dealkylation sites (N-methyl/N-ethyl adjacent to an activating group) is 1. The fourth-order valence-corrected chi connectivity index (χ4v) is 5.15. The Kier molecular flexibility index (Phi) is 8.63. The molecule has 1 aromatic heterocycles. The van der Waals surface area contributed by atoms with Crippen molar-refractivity contribution < 1.29 is 23.1 Å². The van der Waals surface area contributed by atoms with E-state index < -0.39 is 29.8 Å². The summed E-state index contributed by atoms with van der Waals surface area (Å²) in [6.45, 7) is 7.39. The van der Waals surface area contributed by atoms with Crippen LogP contribution >= 0.6 is 0 Å². The summed E-state index contributed by atoms with van der Waals surface area (Å²) in [4.78, 5) is 21.6. The van der Waals surface area contributed by atoms with Gasteiger partial charge in [-0.05, 0) is 75.6 Å². The number of halogens is 2. The van der Waals surface area contributed by atoms with Crippen LogP contribution in [0.2, 0.25) is 0 Å². The zero-order chi connectivity index (χ0) is 28.2. The Morgan fingerprint density at radius 3 is 2.58 bits per heavy atom. The third-order valence-electron chi connectivity index (χ3n) is 7.58. The zero-order valence-electron chi connectivity index (χ0n) is 23.1. The van der Waals surface area contributed by atoms with E-state index in [2.05, 4.69) is 22.6 Å². The Morgan fingerprint density at radius 2 is 1.88 bits per heavy atom. The van der Waals surface area contributed by atoms with Gasteiger partial charge in [-0.1, -0.05) is 31.2 Å².